The molecule has 94 valence electrons. The Bertz CT molecular complexity index is 619. The zero-order chi connectivity index (χ0) is 13.1. The molecule has 2 atom stereocenters. The fourth-order valence-electron chi connectivity index (χ4n) is 2.58. The van der Waals surface area contributed by atoms with Crippen LogP contribution in [0.4, 0.5) is 0 Å². The van der Waals surface area contributed by atoms with Gasteiger partial charge in [0.1, 0.15) is 0 Å². The zero-order valence-corrected chi connectivity index (χ0v) is 10.7. The Morgan fingerprint density at radius 2 is 1.68 bits per heavy atom. The van der Waals surface area contributed by atoms with Crippen LogP contribution in [-0.2, 0) is 6.42 Å². The summed E-state index contributed by atoms with van der Waals surface area (Å²) in [7, 11) is 0. The van der Waals surface area contributed by atoms with Crippen molar-refractivity contribution in [2.75, 3.05) is 0 Å². The maximum Gasteiger partial charge on any atom is 0.0930 e. The van der Waals surface area contributed by atoms with Crippen molar-refractivity contribution in [3.05, 3.63) is 71.3 Å². The predicted molar refractivity (Wildman–Crippen MR) is 76.5 cm³/mol. The number of hydrogen-bond acceptors (Lipinski definition) is 1. The van der Waals surface area contributed by atoms with Gasteiger partial charge < -0.3 is 5.11 Å². The minimum Gasteiger partial charge on any atom is -0.387 e. The minimum absolute atomic E-state index is 0.0371. The molecular formula is C18H16O. The standard InChI is InChI=1S/C18H16O/c19-18-16(11-10-14-6-2-1-3-7-14)13-12-15-8-4-5-9-17(15)18/h1-9,16,18-19H,12-13H2/t16-,18-/m1/s1. The molecule has 0 saturated heterocycles. The van der Waals surface area contributed by atoms with Crippen LogP contribution >= 0.6 is 0 Å². The molecule has 0 fully saturated rings. The van der Waals surface area contributed by atoms with Crippen molar-refractivity contribution in [1.82, 2.24) is 0 Å². The van der Waals surface area contributed by atoms with Crippen molar-refractivity contribution in [1.29, 1.82) is 0 Å². The highest BCUT2D eigenvalue weighted by Gasteiger charge is 2.25. The first-order chi connectivity index (χ1) is 9.34. The minimum atomic E-state index is -0.457. The zero-order valence-electron chi connectivity index (χ0n) is 10.7. The van der Waals surface area contributed by atoms with Crippen molar-refractivity contribution < 1.29 is 5.11 Å². The Hall–Kier alpha value is -2.04. The lowest BCUT2D eigenvalue weighted by Gasteiger charge is -2.26. The Balaban J connectivity index is 1.84. The van der Waals surface area contributed by atoms with Gasteiger partial charge in [-0.1, -0.05) is 54.3 Å². The van der Waals surface area contributed by atoms with Crippen molar-refractivity contribution in [2.24, 2.45) is 5.92 Å². The second-order valence-corrected chi connectivity index (χ2v) is 4.92. The first-order valence-corrected chi connectivity index (χ1v) is 6.67. The van der Waals surface area contributed by atoms with E-state index in [1.54, 1.807) is 0 Å². The van der Waals surface area contributed by atoms with Gasteiger partial charge in [0.05, 0.1) is 12.0 Å². The molecule has 0 amide bonds. The highest BCUT2D eigenvalue weighted by molar-refractivity contribution is 5.37. The molecule has 3 rings (SSSR count). The number of aliphatic hydroxyl groups excluding tert-OH is 1. The van der Waals surface area contributed by atoms with Gasteiger partial charge in [-0.25, -0.2) is 0 Å². The van der Waals surface area contributed by atoms with Gasteiger partial charge in [0.15, 0.2) is 0 Å². The number of rotatable bonds is 0. The van der Waals surface area contributed by atoms with Crippen molar-refractivity contribution in [3.8, 4) is 11.8 Å². The quantitative estimate of drug-likeness (QED) is 0.709. The summed E-state index contributed by atoms with van der Waals surface area (Å²) in [6, 6.07) is 18.1. The van der Waals surface area contributed by atoms with Crippen LogP contribution in [-0.4, -0.2) is 5.11 Å². The molecule has 1 N–H and O–H groups in total. The maximum atomic E-state index is 10.4. The molecule has 0 aliphatic heterocycles. The van der Waals surface area contributed by atoms with Crippen molar-refractivity contribution >= 4 is 0 Å². The van der Waals surface area contributed by atoms with Gasteiger partial charge in [-0.15, -0.1) is 0 Å². The van der Waals surface area contributed by atoms with Crippen LogP contribution in [0.5, 0.6) is 0 Å². The molecule has 0 aromatic heterocycles. The average Bonchev–Trinajstić information content (AvgIpc) is 2.48. The van der Waals surface area contributed by atoms with E-state index in [-0.39, 0.29) is 5.92 Å². The highest BCUT2D eigenvalue weighted by Crippen LogP contribution is 2.33. The summed E-state index contributed by atoms with van der Waals surface area (Å²) >= 11 is 0. The topological polar surface area (TPSA) is 20.2 Å². The van der Waals surface area contributed by atoms with Gasteiger partial charge in [0.2, 0.25) is 0 Å². The van der Waals surface area contributed by atoms with Crippen LogP contribution in [0.2, 0.25) is 0 Å². The molecule has 19 heavy (non-hydrogen) atoms. The van der Waals surface area contributed by atoms with Gasteiger partial charge >= 0.3 is 0 Å². The van der Waals surface area contributed by atoms with Gasteiger partial charge in [-0.3, -0.25) is 0 Å². The number of fused-ring (bicyclic) bond motifs is 1. The summed E-state index contributed by atoms with van der Waals surface area (Å²) < 4.78 is 0. The summed E-state index contributed by atoms with van der Waals surface area (Å²) in [5.74, 6) is 6.43. The molecule has 1 aliphatic rings. The van der Waals surface area contributed by atoms with E-state index < -0.39 is 6.10 Å². The van der Waals surface area contributed by atoms with Crippen LogP contribution in [0.25, 0.3) is 0 Å². The van der Waals surface area contributed by atoms with Crippen LogP contribution in [0.15, 0.2) is 54.6 Å². The third-order valence-corrected chi connectivity index (χ3v) is 3.66. The summed E-state index contributed by atoms with van der Waals surface area (Å²) in [6.07, 6.45) is 1.47. The van der Waals surface area contributed by atoms with E-state index in [0.29, 0.717) is 0 Å². The summed E-state index contributed by atoms with van der Waals surface area (Å²) in [6.45, 7) is 0. The second kappa shape index (κ2) is 5.30. The first kappa shape index (κ1) is 12.0. The molecule has 1 heteroatoms. The average molecular weight is 248 g/mol. The van der Waals surface area contributed by atoms with E-state index in [1.807, 2.05) is 48.5 Å². The lowest BCUT2D eigenvalue weighted by atomic mass is 9.82. The molecular weight excluding hydrogens is 232 g/mol. The first-order valence-electron chi connectivity index (χ1n) is 6.67. The fraction of sp³-hybridized carbons (Fsp3) is 0.222. The fourth-order valence-corrected chi connectivity index (χ4v) is 2.58. The monoisotopic (exact) mass is 248 g/mol. The maximum absolute atomic E-state index is 10.4. The Kier molecular flexibility index (Phi) is 3.35. The van der Waals surface area contributed by atoms with Crippen LogP contribution in [0.1, 0.15) is 29.2 Å². The second-order valence-electron chi connectivity index (χ2n) is 4.92. The Morgan fingerprint density at radius 1 is 0.947 bits per heavy atom. The normalized spacial score (nSPS) is 21.1. The number of aliphatic hydroxyl groups is 1. The summed E-state index contributed by atoms with van der Waals surface area (Å²) in [4.78, 5) is 0. The van der Waals surface area contributed by atoms with E-state index in [9.17, 15) is 5.11 Å². The van der Waals surface area contributed by atoms with E-state index in [4.69, 9.17) is 0 Å². The van der Waals surface area contributed by atoms with Gasteiger partial charge in [0.25, 0.3) is 0 Å². The summed E-state index contributed by atoms with van der Waals surface area (Å²) in [5, 5.41) is 10.4. The molecule has 2 aromatic carbocycles. The molecule has 0 unspecified atom stereocenters. The lowest BCUT2D eigenvalue weighted by molar-refractivity contribution is 0.122. The number of benzene rings is 2. The molecule has 2 aromatic rings. The van der Waals surface area contributed by atoms with Crippen molar-refractivity contribution in [2.45, 2.75) is 18.9 Å². The van der Waals surface area contributed by atoms with E-state index >= 15 is 0 Å². The Labute approximate surface area is 113 Å². The molecule has 0 saturated carbocycles. The number of aryl methyl sites for hydroxylation is 1. The highest BCUT2D eigenvalue weighted by atomic mass is 16.3. The van der Waals surface area contributed by atoms with E-state index in [1.165, 1.54) is 5.56 Å². The third kappa shape index (κ3) is 2.54. The van der Waals surface area contributed by atoms with E-state index in [2.05, 4.69) is 17.9 Å². The van der Waals surface area contributed by atoms with Crippen LogP contribution < -0.4 is 0 Å². The predicted octanol–water partition coefficient (Wildman–Crippen LogP) is 3.33. The van der Waals surface area contributed by atoms with Gasteiger partial charge in [-0.2, -0.15) is 0 Å². The molecule has 1 aliphatic carbocycles. The smallest absolute Gasteiger partial charge is 0.0930 e. The van der Waals surface area contributed by atoms with Crippen LogP contribution in [0.3, 0.4) is 0 Å². The van der Waals surface area contributed by atoms with Crippen molar-refractivity contribution in [3.63, 3.8) is 0 Å². The molecule has 0 spiro atoms. The molecule has 0 bridgehead atoms. The molecule has 0 heterocycles. The lowest BCUT2D eigenvalue weighted by Crippen LogP contribution is -2.19. The Morgan fingerprint density at radius 3 is 2.53 bits per heavy atom. The summed E-state index contributed by atoms with van der Waals surface area (Å²) in [5.41, 5.74) is 3.31. The molecule has 1 nitrogen and oxygen atoms in total. The van der Waals surface area contributed by atoms with E-state index in [0.717, 1.165) is 24.0 Å². The largest absolute Gasteiger partial charge is 0.387 e. The van der Waals surface area contributed by atoms with Gasteiger partial charge in [-0.05, 0) is 36.1 Å². The SMILES string of the molecule is O[C@H]1c2ccccc2CC[C@H]1C#Cc1ccccc1. The third-order valence-electron chi connectivity index (χ3n) is 3.66. The molecule has 0 radical (unpaired) electrons. The number of hydrogen-bond donors (Lipinski definition) is 1. The van der Waals surface area contributed by atoms with Gasteiger partial charge in [0, 0.05) is 5.56 Å². The van der Waals surface area contributed by atoms with Crippen LogP contribution in [0, 0.1) is 17.8 Å².